The van der Waals surface area contributed by atoms with E-state index in [1.54, 1.807) is 13.1 Å². The minimum absolute atomic E-state index is 0.0296. The van der Waals surface area contributed by atoms with Gasteiger partial charge in [0.25, 0.3) is 0 Å². The van der Waals surface area contributed by atoms with Crippen molar-refractivity contribution < 1.29 is 9.90 Å². The van der Waals surface area contributed by atoms with Crippen molar-refractivity contribution in [3.05, 3.63) is 24.4 Å². The van der Waals surface area contributed by atoms with Crippen LogP contribution in [0.4, 0.5) is 5.82 Å². The lowest BCUT2D eigenvalue weighted by molar-refractivity contribution is -0.122. The van der Waals surface area contributed by atoms with Gasteiger partial charge in [-0.1, -0.05) is 6.07 Å². The number of hydrogen-bond acceptors (Lipinski definition) is 5. The van der Waals surface area contributed by atoms with Crippen LogP contribution in [0.5, 0.6) is 0 Å². The van der Waals surface area contributed by atoms with E-state index in [4.69, 9.17) is 5.11 Å². The van der Waals surface area contributed by atoms with Crippen molar-refractivity contribution >= 4 is 11.7 Å². The molecule has 1 aromatic heterocycles. The molecule has 6 heteroatoms. The topological polar surface area (TPSA) is 68.7 Å². The normalized spacial score (nSPS) is 17.5. The number of carbonyl (C=O) groups excluding carboxylic acids is 1. The summed E-state index contributed by atoms with van der Waals surface area (Å²) in [6, 6.07) is 5.92. The van der Waals surface area contributed by atoms with E-state index in [1.807, 2.05) is 18.2 Å². The Labute approximate surface area is 125 Å². The summed E-state index contributed by atoms with van der Waals surface area (Å²) in [6.07, 6.45) is 2.03. The molecule has 0 saturated carbocycles. The van der Waals surface area contributed by atoms with Crippen molar-refractivity contribution in [2.24, 2.45) is 0 Å². The first kappa shape index (κ1) is 15.7. The molecule has 21 heavy (non-hydrogen) atoms. The number of nitrogens with one attached hydrogen (secondary N) is 1. The number of aliphatic hydroxyl groups excluding tert-OH is 1. The second kappa shape index (κ2) is 7.95. The van der Waals surface area contributed by atoms with Gasteiger partial charge in [-0.3, -0.25) is 9.69 Å². The molecule has 0 radical (unpaired) electrons. The second-order valence-electron chi connectivity index (χ2n) is 5.44. The van der Waals surface area contributed by atoms with Gasteiger partial charge in [0, 0.05) is 38.9 Å². The van der Waals surface area contributed by atoms with Crippen LogP contribution < -0.4 is 10.2 Å². The standard InChI is InChI=1S/C15H24N4O2/c1-13(20)5-7-17-15(21)12-18-8-10-19(11-9-18)14-4-2-3-6-16-14/h2-4,6,13,20H,5,7-12H2,1H3,(H,17,21). The average molecular weight is 292 g/mol. The maximum atomic E-state index is 11.8. The van der Waals surface area contributed by atoms with Crippen molar-refractivity contribution in [3.8, 4) is 0 Å². The van der Waals surface area contributed by atoms with Crippen LogP contribution in [0.3, 0.4) is 0 Å². The van der Waals surface area contributed by atoms with Crippen LogP contribution in [0.25, 0.3) is 0 Å². The van der Waals surface area contributed by atoms with Crippen LogP contribution in [0.2, 0.25) is 0 Å². The summed E-state index contributed by atoms with van der Waals surface area (Å²) in [7, 11) is 0. The molecule has 116 valence electrons. The molecular formula is C15H24N4O2. The number of nitrogens with zero attached hydrogens (tertiary/aromatic N) is 3. The van der Waals surface area contributed by atoms with Crippen LogP contribution in [0, 0.1) is 0 Å². The Hall–Kier alpha value is -1.66. The highest BCUT2D eigenvalue weighted by Crippen LogP contribution is 2.12. The first-order chi connectivity index (χ1) is 10.1. The monoisotopic (exact) mass is 292 g/mol. The molecule has 6 nitrogen and oxygen atoms in total. The summed E-state index contributed by atoms with van der Waals surface area (Å²) in [5.74, 6) is 1.03. The lowest BCUT2D eigenvalue weighted by Gasteiger charge is -2.34. The molecule has 1 aromatic rings. The van der Waals surface area contributed by atoms with Crippen LogP contribution >= 0.6 is 0 Å². The number of rotatable bonds is 6. The molecule has 1 aliphatic rings. The van der Waals surface area contributed by atoms with Crippen molar-refractivity contribution in [2.45, 2.75) is 19.4 Å². The Bertz CT molecular complexity index is 431. The molecule has 1 amide bonds. The third kappa shape index (κ3) is 5.32. The average Bonchev–Trinajstić information content (AvgIpc) is 2.48. The molecule has 1 aliphatic heterocycles. The fourth-order valence-corrected chi connectivity index (χ4v) is 2.36. The van der Waals surface area contributed by atoms with Crippen LogP contribution in [-0.2, 0) is 4.79 Å². The number of pyridine rings is 1. The molecule has 0 bridgehead atoms. The van der Waals surface area contributed by atoms with E-state index < -0.39 is 0 Å². The summed E-state index contributed by atoms with van der Waals surface area (Å²) in [6.45, 7) is 6.18. The molecule has 1 fully saturated rings. The smallest absolute Gasteiger partial charge is 0.234 e. The van der Waals surface area contributed by atoms with E-state index in [9.17, 15) is 4.79 Å². The first-order valence-electron chi connectivity index (χ1n) is 7.48. The minimum atomic E-state index is -0.368. The minimum Gasteiger partial charge on any atom is -0.393 e. The molecule has 1 unspecified atom stereocenters. The number of hydrogen-bond donors (Lipinski definition) is 2. The van der Waals surface area contributed by atoms with Gasteiger partial charge in [0.05, 0.1) is 12.6 Å². The molecule has 0 spiro atoms. The Morgan fingerprint density at radius 1 is 1.38 bits per heavy atom. The number of anilines is 1. The van der Waals surface area contributed by atoms with Gasteiger partial charge in [-0.15, -0.1) is 0 Å². The van der Waals surface area contributed by atoms with E-state index in [0.29, 0.717) is 19.5 Å². The number of carbonyl (C=O) groups is 1. The van der Waals surface area contributed by atoms with Gasteiger partial charge in [0.2, 0.25) is 5.91 Å². The SMILES string of the molecule is CC(O)CCNC(=O)CN1CCN(c2ccccn2)CC1. The summed E-state index contributed by atoms with van der Waals surface area (Å²) in [4.78, 5) is 20.5. The Balaban J connectivity index is 1.68. The van der Waals surface area contributed by atoms with Crippen molar-refractivity contribution in [2.75, 3.05) is 44.2 Å². The van der Waals surface area contributed by atoms with Gasteiger partial charge in [0.1, 0.15) is 5.82 Å². The number of aliphatic hydroxyl groups is 1. The van der Waals surface area contributed by atoms with Crippen LogP contribution in [-0.4, -0.2) is 66.3 Å². The fraction of sp³-hybridized carbons (Fsp3) is 0.600. The maximum Gasteiger partial charge on any atom is 0.234 e. The molecule has 2 rings (SSSR count). The fourth-order valence-electron chi connectivity index (χ4n) is 2.36. The third-order valence-electron chi connectivity index (χ3n) is 3.60. The summed E-state index contributed by atoms with van der Waals surface area (Å²) >= 11 is 0. The third-order valence-corrected chi connectivity index (χ3v) is 3.60. The Morgan fingerprint density at radius 2 is 2.14 bits per heavy atom. The summed E-state index contributed by atoms with van der Waals surface area (Å²) < 4.78 is 0. The Kier molecular flexibility index (Phi) is 5.95. The predicted molar refractivity (Wildman–Crippen MR) is 82.2 cm³/mol. The molecule has 1 saturated heterocycles. The quantitative estimate of drug-likeness (QED) is 0.778. The summed E-state index contributed by atoms with van der Waals surface area (Å²) in [5, 5.41) is 12.0. The summed E-state index contributed by atoms with van der Waals surface area (Å²) in [5.41, 5.74) is 0. The van der Waals surface area contributed by atoms with Gasteiger partial charge in [0.15, 0.2) is 0 Å². The Morgan fingerprint density at radius 3 is 2.76 bits per heavy atom. The number of aromatic nitrogens is 1. The highest BCUT2D eigenvalue weighted by molar-refractivity contribution is 5.78. The van der Waals surface area contributed by atoms with Gasteiger partial charge in [-0.25, -0.2) is 4.98 Å². The predicted octanol–water partition coefficient (Wildman–Crippen LogP) is 0.0907. The van der Waals surface area contributed by atoms with E-state index >= 15 is 0 Å². The molecule has 0 aliphatic carbocycles. The highest BCUT2D eigenvalue weighted by atomic mass is 16.3. The van der Waals surface area contributed by atoms with Crippen molar-refractivity contribution in [1.29, 1.82) is 0 Å². The maximum absolute atomic E-state index is 11.8. The lowest BCUT2D eigenvalue weighted by atomic mass is 10.3. The zero-order chi connectivity index (χ0) is 15.1. The number of piperazine rings is 1. The van der Waals surface area contributed by atoms with E-state index in [-0.39, 0.29) is 12.0 Å². The van der Waals surface area contributed by atoms with Crippen molar-refractivity contribution in [1.82, 2.24) is 15.2 Å². The van der Waals surface area contributed by atoms with Gasteiger partial charge < -0.3 is 15.3 Å². The molecule has 1 atom stereocenters. The van der Waals surface area contributed by atoms with Crippen LogP contribution in [0.1, 0.15) is 13.3 Å². The van der Waals surface area contributed by atoms with E-state index in [2.05, 4.69) is 20.1 Å². The molecule has 2 heterocycles. The molecule has 0 aromatic carbocycles. The second-order valence-corrected chi connectivity index (χ2v) is 5.44. The van der Waals surface area contributed by atoms with Gasteiger partial charge in [-0.05, 0) is 25.5 Å². The zero-order valence-electron chi connectivity index (χ0n) is 12.5. The van der Waals surface area contributed by atoms with E-state index in [0.717, 1.165) is 32.0 Å². The lowest BCUT2D eigenvalue weighted by Crippen LogP contribution is -2.49. The highest BCUT2D eigenvalue weighted by Gasteiger charge is 2.19. The number of amides is 1. The van der Waals surface area contributed by atoms with Gasteiger partial charge >= 0.3 is 0 Å². The first-order valence-corrected chi connectivity index (χ1v) is 7.48. The van der Waals surface area contributed by atoms with E-state index in [1.165, 1.54) is 0 Å². The van der Waals surface area contributed by atoms with Crippen LogP contribution in [0.15, 0.2) is 24.4 Å². The van der Waals surface area contributed by atoms with Crippen molar-refractivity contribution in [3.63, 3.8) is 0 Å². The zero-order valence-corrected chi connectivity index (χ0v) is 12.5. The van der Waals surface area contributed by atoms with Gasteiger partial charge in [-0.2, -0.15) is 0 Å². The molecule has 2 N–H and O–H groups in total. The molecular weight excluding hydrogens is 268 g/mol. The largest absolute Gasteiger partial charge is 0.393 e.